The summed E-state index contributed by atoms with van der Waals surface area (Å²) in [4.78, 5) is 0. The van der Waals surface area contributed by atoms with Gasteiger partial charge in [0.1, 0.15) is 12.4 Å². The molecule has 1 aliphatic carbocycles. The van der Waals surface area contributed by atoms with Crippen molar-refractivity contribution in [3.8, 4) is 5.75 Å². The third-order valence-corrected chi connectivity index (χ3v) is 6.01. The Kier molecular flexibility index (Phi) is 4.65. The van der Waals surface area contributed by atoms with Gasteiger partial charge in [-0.2, -0.15) is 13.2 Å². The van der Waals surface area contributed by atoms with E-state index in [-0.39, 0.29) is 6.61 Å². The Morgan fingerprint density at radius 3 is 2.27 bits per heavy atom. The molecule has 0 fully saturated rings. The zero-order valence-electron chi connectivity index (χ0n) is 16.4. The molecule has 1 nitrogen and oxygen atoms in total. The van der Waals surface area contributed by atoms with E-state index in [0.29, 0.717) is 11.3 Å². The number of hydrogen-bond acceptors (Lipinski definition) is 1. The highest BCUT2D eigenvalue weighted by molar-refractivity contribution is 6.09. The van der Waals surface area contributed by atoms with Crippen LogP contribution in [0.15, 0.2) is 66.7 Å². The van der Waals surface area contributed by atoms with Gasteiger partial charge in [-0.05, 0) is 88.2 Å². The van der Waals surface area contributed by atoms with Gasteiger partial charge in [-0.3, -0.25) is 0 Å². The number of fused-ring (bicyclic) bond motifs is 5. The highest BCUT2D eigenvalue weighted by Crippen LogP contribution is 2.34. The number of benzene rings is 4. The molecule has 0 saturated heterocycles. The van der Waals surface area contributed by atoms with Gasteiger partial charge in [-0.1, -0.05) is 42.5 Å². The van der Waals surface area contributed by atoms with Crippen LogP contribution >= 0.6 is 0 Å². The zero-order valence-corrected chi connectivity index (χ0v) is 16.4. The van der Waals surface area contributed by atoms with Crippen molar-refractivity contribution in [3.63, 3.8) is 0 Å². The van der Waals surface area contributed by atoms with Crippen molar-refractivity contribution in [2.45, 2.75) is 38.5 Å². The fourth-order valence-corrected chi connectivity index (χ4v) is 4.43. The Bertz CT molecular complexity index is 1220. The SMILES string of the molecule is FC(F)(F)c1ccc(COc2ccc3c(ccc4c5c(ccc43)CCCC5)c2)cc1. The summed E-state index contributed by atoms with van der Waals surface area (Å²) in [6.45, 7) is 0.227. The summed E-state index contributed by atoms with van der Waals surface area (Å²) < 4.78 is 43.9. The predicted octanol–water partition coefficient (Wildman–Crippen LogP) is 7.47. The highest BCUT2D eigenvalue weighted by Gasteiger charge is 2.29. The van der Waals surface area contributed by atoms with Gasteiger partial charge in [0.05, 0.1) is 5.56 Å². The minimum atomic E-state index is -4.32. The fourth-order valence-electron chi connectivity index (χ4n) is 4.43. The van der Waals surface area contributed by atoms with Crippen molar-refractivity contribution in [2.24, 2.45) is 0 Å². The molecular weight excluding hydrogens is 385 g/mol. The molecule has 0 heterocycles. The third-order valence-electron chi connectivity index (χ3n) is 6.01. The van der Waals surface area contributed by atoms with Crippen LogP contribution < -0.4 is 4.74 Å². The number of rotatable bonds is 3. The van der Waals surface area contributed by atoms with Gasteiger partial charge in [-0.15, -0.1) is 0 Å². The number of hydrogen-bond donors (Lipinski definition) is 0. The smallest absolute Gasteiger partial charge is 0.416 e. The molecule has 1 aliphatic rings. The molecule has 0 aromatic heterocycles. The van der Waals surface area contributed by atoms with Crippen LogP contribution in [0.3, 0.4) is 0 Å². The Morgan fingerprint density at radius 2 is 1.47 bits per heavy atom. The van der Waals surface area contributed by atoms with Gasteiger partial charge < -0.3 is 4.74 Å². The van der Waals surface area contributed by atoms with Gasteiger partial charge in [0.15, 0.2) is 0 Å². The van der Waals surface area contributed by atoms with E-state index in [1.165, 1.54) is 58.7 Å². The summed E-state index contributed by atoms with van der Waals surface area (Å²) >= 11 is 0. The summed E-state index contributed by atoms with van der Waals surface area (Å²) in [6.07, 6.45) is 0.513. The van der Waals surface area contributed by atoms with Gasteiger partial charge >= 0.3 is 6.18 Å². The molecule has 0 radical (unpaired) electrons. The molecule has 0 N–H and O–H groups in total. The lowest BCUT2D eigenvalue weighted by atomic mass is 9.86. The largest absolute Gasteiger partial charge is 0.489 e. The van der Waals surface area contributed by atoms with Crippen LogP contribution in [-0.4, -0.2) is 0 Å². The molecule has 0 atom stereocenters. The van der Waals surface area contributed by atoms with Crippen molar-refractivity contribution in [1.29, 1.82) is 0 Å². The molecule has 0 unspecified atom stereocenters. The van der Waals surface area contributed by atoms with E-state index < -0.39 is 11.7 Å². The molecule has 30 heavy (non-hydrogen) atoms. The molecule has 0 bridgehead atoms. The van der Waals surface area contributed by atoms with Crippen LogP contribution in [0, 0.1) is 0 Å². The molecule has 0 saturated carbocycles. The van der Waals surface area contributed by atoms with Crippen molar-refractivity contribution >= 4 is 21.5 Å². The van der Waals surface area contributed by atoms with Crippen molar-refractivity contribution < 1.29 is 17.9 Å². The van der Waals surface area contributed by atoms with Gasteiger partial charge in [0, 0.05) is 0 Å². The lowest BCUT2D eigenvalue weighted by Crippen LogP contribution is -2.05. The summed E-state index contributed by atoms with van der Waals surface area (Å²) in [5.41, 5.74) is 3.02. The molecular formula is C26H21F3O. The maximum atomic E-state index is 12.7. The van der Waals surface area contributed by atoms with E-state index in [2.05, 4.69) is 30.3 Å². The molecule has 0 amide bonds. The predicted molar refractivity (Wildman–Crippen MR) is 114 cm³/mol. The number of ether oxygens (including phenoxy) is 1. The van der Waals surface area contributed by atoms with Crippen LogP contribution in [0.25, 0.3) is 21.5 Å². The van der Waals surface area contributed by atoms with E-state index in [9.17, 15) is 13.2 Å². The van der Waals surface area contributed by atoms with Gasteiger partial charge in [0.25, 0.3) is 0 Å². The average Bonchev–Trinajstić information content (AvgIpc) is 2.76. The Hall–Kier alpha value is -3.01. The van der Waals surface area contributed by atoms with E-state index in [1.54, 1.807) is 0 Å². The second-order valence-electron chi connectivity index (χ2n) is 7.94. The summed E-state index contributed by atoms with van der Waals surface area (Å²) in [7, 11) is 0. The number of halogens is 3. The van der Waals surface area contributed by atoms with Gasteiger partial charge in [-0.25, -0.2) is 0 Å². The number of alkyl halides is 3. The van der Waals surface area contributed by atoms with E-state index >= 15 is 0 Å². The van der Waals surface area contributed by atoms with E-state index in [4.69, 9.17) is 4.74 Å². The Balaban J connectivity index is 1.40. The highest BCUT2D eigenvalue weighted by atomic mass is 19.4. The number of aryl methyl sites for hydroxylation is 2. The maximum absolute atomic E-state index is 12.7. The molecule has 0 spiro atoms. The summed E-state index contributed by atoms with van der Waals surface area (Å²) in [5, 5.41) is 4.91. The molecule has 0 aliphatic heterocycles. The lowest BCUT2D eigenvalue weighted by Gasteiger charge is -2.19. The first kappa shape index (κ1) is 19.0. The third kappa shape index (κ3) is 3.51. The molecule has 4 aromatic rings. The van der Waals surface area contributed by atoms with Gasteiger partial charge in [0.2, 0.25) is 0 Å². The molecule has 152 valence electrons. The standard InChI is InChI=1S/C26H21F3O/c27-26(28,29)20-9-5-17(6-10-20)16-30-21-11-14-23-19(15-21)8-13-24-22-4-2-1-3-18(22)7-12-25(23)24/h5-15H,1-4,16H2. The van der Waals surface area contributed by atoms with Crippen molar-refractivity contribution in [1.82, 2.24) is 0 Å². The topological polar surface area (TPSA) is 9.23 Å². The van der Waals surface area contributed by atoms with Crippen LogP contribution in [0.4, 0.5) is 13.2 Å². The minimum absolute atomic E-state index is 0.227. The van der Waals surface area contributed by atoms with Crippen molar-refractivity contribution in [2.75, 3.05) is 0 Å². The van der Waals surface area contributed by atoms with Crippen LogP contribution in [0.2, 0.25) is 0 Å². The first-order valence-electron chi connectivity index (χ1n) is 10.3. The quantitative estimate of drug-likeness (QED) is 0.321. The monoisotopic (exact) mass is 406 g/mol. The van der Waals surface area contributed by atoms with Crippen LogP contribution in [0.5, 0.6) is 5.75 Å². The first-order valence-corrected chi connectivity index (χ1v) is 10.3. The molecule has 4 heteroatoms. The second-order valence-corrected chi connectivity index (χ2v) is 7.94. The van der Waals surface area contributed by atoms with Crippen LogP contribution in [-0.2, 0) is 25.6 Å². The average molecular weight is 406 g/mol. The van der Waals surface area contributed by atoms with Crippen molar-refractivity contribution in [3.05, 3.63) is 89.0 Å². The Morgan fingerprint density at radius 1 is 0.733 bits per heavy atom. The lowest BCUT2D eigenvalue weighted by molar-refractivity contribution is -0.137. The summed E-state index contributed by atoms with van der Waals surface area (Å²) in [6, 6.07) is 20.0. The second kappa shape index (κ2) is 7.35. The first-order chi connectivity index (χ1) is 14.5. The van der Waals surface area contributed by atoms with E-state index in [0.717, 1.165) is 23.9 Å². The molecule has 4 aromatic carbocycles. The van der Waals surface area contributed by atoms with E-state index in [1.807, 2.05) is 12.1 Å². The normalized spacial score (nSPS) is 14.1. The Labute approximate surface area is 173 Å². The molecule has 5 rings (SSSR count). The minimum Gasteiger partial charge on any atom is -0.489 e. The fraction of sp³-hybridized carbons (Fsp3) is 0.231. The zero-order chi connectivity index (χ0) is 20.7. The van der Waals surface area contributed by atoms with Crippen LogP contribution in [0.1, 0.15) is 35.1 Å². The maximum Gasteiger partial charge on any atom is 0.416 e. The summed E-state index contributed by atoms with van der Waals surface area (Å²) in [5.74, 6) is 0.708.